The van der Waals surface area contributed by atoms with Gasteiger partial charge in [0.25, 0.3) is 0 Å². The zero-order valence-electron chi connectivity index (χ0n) is 44.9. The summed E-state index contributed by atoms with van der Waals surface area (Å²) in [6.07, 6.45) is -0.551. The van der Waals surface area contributed by atoms with Crippen molar-refractivity contribution in [1.82, 2.24) is 5.32 Å². The first-order chi connectivity index (χ1) is 38.2. The van der Waals surface area contributed by atoms with E-state index in [4.69, 9.17) is 30.4 Å². The number of phenols is 1. The van der Waals surface area contributed by atoms with Crippen LogP contribution in [0.25, 0.3) is 12.2 Å². The Kier molecular flexibility index (Phi) is 15.9. The van der Waals surface area contributed by atoms with Gasteiger partial charge in [0, 0.05) is 65.3 Å². The highest BCUT2D eigenvalue weighted by Crippen LogP contribution is 2.55. The third-order valence-electron chi connectivity index (χ3n) is 16.9. The quantitative estimate of drug-likeness (QED) is 0.0297. The summed E-state index contributed by atoms with van der Waals surface area (Å²) in [4.78, 5) is 62.4. The number of aliphatic hydroxyl groups is 6. The predicted octanol–water partition coefficient (Wildman–Crippen LogP) is 3.53. The van der Waals surface area contributed by atoms with Crippen molar-refractivity contribution in [3.63, 3.8) is 0 Å². The number of hydrogen-bond acceptors (Lipinski definition) is 19. The number of nitrogens with two attached hydrogens (primary N) is 2. The number of carbonyl (C=O) groups excluding carboxylic acids is 4. The Balaban J connectivity index is 1.24. The van der Waals surface area contributed by atoms with Crippen LogP contribution in [0.3, 0.4) is 0 Å². The largest absolute Gasteiger partial charge is 0.507 e. The van der Waals surface area contributed by atoms with Gasteiger partial charge in [-0.25, -0.2) is 0 Å². The summed E-state index contributed by atoms with van der Waals surface area (Å²) in [5, 5.41) is 85.9. The smallest absolute Gasteiger partial charge is 0.308 e. The molecule has 12 N–H and O–H groups in total. The number of guanidine groups is 1. The lowest BCUT2D eigenvalue weighted by Gasteiger charge is -2.46. The van der Waals surface area contributed by atoms with Gasteiger partial charge in [0.05, 0.1) is 48.7 Å². The lowest BCUT2D eigenvalue weighted by atomic mass is 9.70. The minimum Gasteiger partial charge on any atom is -0.507 e. The molecule has 4 aromatic carbocycles. The van der Waals surface area contributed by atoms with Gasteiger partial charge in [-0.2, -0.15) is 0 Å². The van der Waals surface area contributed by atoms with E-state index < -0.39 is 108 Å². The van der Waals surface area contributed by atoms with E-state index in [0.717, 1.165) is 30.9 Å². The molecule has 4 bridgehead atoms. The van der Waals surface area contributed by atoms with Gasteiger partial charge in [-0.15, -0.1) is 0 Å². The van der Waals surface area contributed by atoms with Crippen molar-refractivity contribution in [3.8, 4) is 29.1 Å². The van der Waals surface area contributed by atoms with E-state index in [2.05, 4.69) is 29.1 Å². The number of carbonyl (C=O) groups is 4. The Morgan fingerprint density at radius 3 is 2.52 bits per heavy atom. The van der Waals surface area contributed by atoms with Crippen molar-refractivity contribution in [2.75, 3.05) is 13.2 Å². The number of esters is 1. The maximum atomic E-state index is 16.1. The van der Waals surface area contributed by atoms with Gasteiger partial charge in [-0.1, -0.05) is 67.7 Å². The van der Waals surface area contributed by atoms with E-state index >= 15 is 9.59 Å². The van der Waals surface area contributed by atoms with E-state index in [1.807, 2.05) is 18.2 Å². The fourth-order valence-corrected chi connectivity index (χ4v) is 12.9. The molecule has 2 fully saturated rings. The van der Waals surface area contributed by atoms with E-state index in [0.29, 0.717) is 55.2 Å². The van der Waals surface area contributed by atoms with Crippen LogP contribution >= 0.6 is 0 Å². The summed E-state index contributed by atoms with van der Waals surface area (Å²) >= 11 is 0. The number of hydrogen-bond donors (Lipinski definition) is 10. The van der Waals surface area contributed by atoms with Crippen LogP contribution in [0.15, 0.2) is 47.5 Å². The molecule has 2 heterocycles. The van der Waals surface area contributed by atoms with Crippen LogP contribution in [0.5, 0.6) is 17.2 Å². The fourth-order valence-electron chi connectivity index (χ4n) is 12.9. The molecule has 6 aliphatic rings. The average Bonchev–Trinajstić information content (AvgIpc) is 3.80. The number of rotatable bonds is 11. The molecule has 2 aliphatic heterocycles. The van der Waals surface area contributed by atoms with Gasteiger partial charge in [-0.3, -0.25) is 24.2 Å². The number of nitrogens with zero attached hydrogens (tertiary/aromatic N) is 1. The molecule has 422 valence electrons. The van der Waals surface area contributed by atoms with E-state index in [1.54, 1.807) is 24.3 Å². The number of aldehydes is 1. The van der Waals surface area contributed by atoms with Crippen molar-refractivity contribution in [2.45, 2.75) is 152 Å². The van der Waals surface area contributed by atoms with Crippen molar-refractivity contribution < 1.29 is 73.9 Å². The molecule has 19 heteroatoms. The van der Waals surface area contributed by atoms with Gasteiger partial charge < -0.3 is 71.5 Å². The Hall–Kier alpha value is -6.83. The first-order valence-corrected chi connectivity index (χ1v) is 27.4. The third-order valence-corrected chi connectivity index (χ3v) is 16.9. The topological polar surface area (TPSA) is 323 Å². The molecule has 0 amide bonds. The number of nitrogens with one attached hydrogen (secondary N) is 1. The number of phenolic OH excluding ortho intramolecular Hbond substituents is 1. The number of aliphatic hydroxyl groups excluding tert-OH is 3. The molecule has 0 unspecified atom stereocenters. The number of aryl methyl sites for hydroxylation is 1. The zero-order chi connectivity index (χ0) is 56.9. The second-order valence-corrected chi connectivity index (χ2v) is 22.2. The van der Waals surface area contributed by atoms with Gasteiger partial charge in [-0.05, 0) is 116 Å². The Bertz CT molecular complexity index is 3290. The molecular weight excluding hydrogens is 1030 g/mol. The SMILES string of the molecule is CC[C@@H]1C[C@H]2CCc3ccc(Cc4c(O)c5c6c(c4O[C@H]4O[C@@H](C)[C@@H](O)C(O)(O)[C@H]4OC[C@H]4CCN=C(N)N4)CC#C[C@H](N)CC[C@@H](O)Cc4cccc(c4)/C=C/c4c(OC(C)=O)cc(CO)c(c4C6=O)C5=O)c(C=O)c3[C@@]2(O)C1. The van der Waals surface area contributed by atoms with Crippen LogP contribution in [0.4, 0.5) is 0 Å². The first kappa shape index (κ1) is 56.4. The molecule has 4 aromatic rings. The summed E-state index contributed by atoms with van der Waals surface area (Å²) in [6, 6.07) is 10.7. The molecule has 1 saturated carbocycles. The number of fused-ring (bicyclic) bond motifs is 5. The minimum atomic E-state index is -3.08. The highest BCUT2D eigenvalue weighted by molar-refractivity contribution is 6.32. The van der Waals surface area contributed by atoms with Crippen LogP contribution in [-0.4, -0.2) is 127 Å². The maximum absolute atomic E-state index is 16.1. The van der Waals surface area contributed by atoms with Crippen LogP contribution in [-0.2, 0) is 52.2 Å². The molecule has 80 heavy (non-hydrogen) atoms. The minimum absolute atomic E-state index is 0.0366. The summed E-state index contributed by atoms with van der Waals surface area (Å²) in [5.41, 5.74) is 12.3. The van der Waals surface area contributed by atoms with Crippen molar-refractivity contribution in [1.29, 1.82) is 0 Å². The maximum Gasteiger partial charge on any atom is 0.308 e. The van der Waals surface area contributed by atoms with Crippen molar-refractivity contribution >= 4 is 41.9 Å². The summed E-state index contributed by atoms with van der Waals surface area (Å²) in [7, 11) is 0. The van der Waals surface area contributed by atoms with Crippen molar-refractivity contribution in [3.05, 3.63) is 120 Å². The molecular formula is C61H68N4O15. The molecule has 1 saturated heterocycles. The fraction of sp³-hybridized carbons (Fsp3) is 0.459. The molecule has 19 nitrogen and oxygen atoms in total. The summed E-state index contributed by atoms with van der Waals surface area (Å²) in [6.45, 7) is 3.84. The number of benzene rings is 4. The number of ether oxygens (including phenoxy) is 4. The Morgan fingerprint density at radius 1 is 1.00 bits per heavy atom. The van der Waals surface area contributed by atoms with Gasteiger partial charge in [0.2, 0.25) is 12.1 Å². The third kappa shape index (κ3) is 10.4. The Labute approximate surface area is 462 Å². The molecule has 0 radical (unpaired) electrons. The number of aromatic hydroxyl groups is 1. The standard InChI is InChI=1S/C61H68N4O15/c1-4-32-22-38-15-14-35-12-13-36(45(28-67)51(35)60(38,74)26-32)24-44-52(70)50-49-43(55(44)80-58-57(61(75,76)56(73)30(2)78-58)77-29-40-19-20-64-59(63)65-40)10-6-9-39(62)16-17-41(69)23-34-8-5-7-33(21-34)11-18-42-46(79-31(3)68)25-37(27-66)47(53(50)71)48(42)54(49)72/h5,7-8,11-13,18,21,25,28,30,32,38-41,56-58,66,69-70,73-76H,4,10,14-17,19-20,22-24,26-27,29,62H2,1-3H3,(H3,63,64,65)/b18-11+/t30-,32+,38+,39-,40+,41+,56+,57-,58+,60+/m0/s1. The number of aliphatic imine (C=N–C) groups is 1. The molecule has 4 aliphatic carbocycles. The second kappa shape index (κ2) is 22.6. The van der Waals surface area contributed by atoms with Crippen LogP contribution in [0, 0.1) is 23.7 Å². The highest BCUT2D eigenvalue weighted by Gasteiger charge is 2.57. The Morgan fingerprint density at radius 2 is 1.79 bits per heavy atom. The van der Waals surface area contributed by atoms with Gasteiger partial charge in [0.15, 0.2) is 29.9 Å². The van der Waals surface area contributed by atoms with E-state index in [-0.39, 0.29) is 94.1 Å². The molecule has 10 rings (SSSR count). The normalized spacial score (nSPS) is 28.1. The number of ketones is 2. The average molecular weight is 1100 g/mol. The highest BCUT2D eigenvalue weighted by atomic mass is 16.7. The summed E-state index contributed by atoms with van der Waals surface area (Å²) < 4.78 is 25.1. The monoisotopic (exact) mass is 1100 g/mol. The molecule has 10 atom stereocenters. The van der Waals surface area contributed by atoms with Gasteiger partial charge in [0.1, 0.15) is 23.4 Å². The first-order valence-electron chi connectivity index (χ1n) is 27.4. The van der Waals surface area contributed by atoms with Crippen LogP contribution in [0.1, 0.15) is 158 Å². The molecule has 0 spiro atoms. The van der Waals surface area contributed by atoms with E-state index in [9.17, 15) is 45.3 Å². The van der Waals surface area contributed by atoms with Crippen LogP contribution < -0.4 is 26.3 Å². The lowest BCUT2D eigenvalue weighted by Crippen LogP contribution is -2.68. The van der Waals surface area contributed by atoms with Gasteiger partial charge >= 0.3 is 5.97 Å². The molecule has 0 aromatic heterocycles. The van der Waals surface area contributed by atoms with Crippen LogP contribution in [0.2, 0.25) is 0 Å². The predicted molar refractivity (Wildman–Crippen MR) is 292 cm³/mol. The second-order valence-electron chi connectivity index (χ2n) is 22.2. The van der Waals surface area contributed by atoms with E-state index in [1.165, 1.54) is 19.1 Å². The van der Waals surface area contributed by atoms with Crippen molar-refractivity contribution in [2.24, 2.45) is 28.3 Å². The summed E-state index contributed by atoms with van der Waals surface area (Å²) in [5.74, 6) is -0.746. The lowest BCUT2D eigenvalue weighted by molar-refractivity contribution is -0.379. The zero-order valence-corrected chi connectivity index (χ0v) is 44.9.